The number of rotatable bonds is 5. The van der Waals surface area contributed by atoms with Crippen molar-refractivity contribution in [1.82, 2.24) is 20.4 Å². The topological polar surface area (TPSA) is 61.0 Å². The van der Waals surface area contributed by atoms with Crippen molar-refractivity contribution in [1.29, 1.82) is 0 Å². The highest BCUT2D eigenvalue weighted by atomic mass is 16.1. The maximum atomic E-state index is 12.0. The van der Waals surface area contributed by atoms with Crippen LogP contribution in [0, 0.1) is 0 Å². The van der Waals surface area contributed by atoms with Gasteiger partial charge in [-0.1, -0.05) is 40.0 Å². The van der Waals surface area contributed by atoms with E-state index in [-0.39, 0.29) is 11.3 Å². The molecule has 23 heavy (non-hydrogen) atoms. The highest BCUT2D eigenvalue weighted by Gasteiger charge is 2.17. The van der Waals surface area contributed by atoms with Gasteiger partial charge in [-0.3, -0.25) is 9.89 Å². The van der Waals surface area contributed by atoms with Gasteiger partial charge in [0, 0.05) is 18.4 Å². The van der Waals surface area contributed by atoms with Crippen LogP contribution in [0.5, 0.6) is 0 Å². The average molecular weight is 320 g/mol. The van der Waals surface area contributed by atoms with Crippen LogP contribution < -0.4 is 5.32 Å². The van der Waals surface area contributed by atoms with E-state index in [9.17, 15) is 4.79 Å². The summed E-state index contributed by atoms with van der Waals surface area (Å²) in [7, 11) is 0. The lowest BCUT2D eigenvalue weighted by molar-refractivity contribution is -0.121. The lowest BCUT2D eigenvalue weighted by atomic mass is 9.92. The number of nitrogens with zero attached hydrogens (tertiary/aromatic N) is 2. The molecular formula is C18H32N4O. The normalized spacial score (nSPS) is 17.5. The van der Waals surface area contributed by atoms with Crippen LogP contribution in [0.25, 0.3) is 0 Å². The summed E-state index contributed by atoms with van der Waals surface area (Å²) in [6.45, 7) is 10.1. The van der Waals surface area contributed by atoms with E-state index in [1.807, 2.05) is 6.07 Å². The monoisotopic (exact) mass is 320 g/mol. The number of carbonyl (C=O) groups excluding carboxylic acids is 1. The molecule has 0 aromatic carbocycles. The largest absolute Gasteiger partial charge is 0.350 e. The Morgan fingerprint density at radius 3 is 2.48 bits per heavy atom. The first-order valence-electron chi connectivity index (χ1n) is 8.99. The van der Waals surface area contributed by atoms with Gasteiger partial charge >= 0.3 is 0 Å². The fourth-order valence-corrected chi connectivity index (χ4v) is 2.91. The van der Waals surface area contributed by atoms with Gasteiger partial charge in [-0.15, -0.1) is 0 Å². The molecule has 5 heteroatoms. The average Bonchev–Trinajstić information content (AvgIpc) is 2.93. The van der Waals surface area contributed by atoms with Crippen molar-refractivity contribution in [3.8, 4) is 0 Å². The number of H-pyrrole nitrogens is 1. The van der Waals surface area contributed by atoms with E-state index in [1.165, 1.54) is 32.1 Å². The molecule has 0 aliphatic carbocycles. The molecule has 0 bridgehead atoms. The van der Waals surface area contributed by atoms with Gasteiger partial charge in [0.2, 0.25) is 5.91 Å². The maximum absolute atomic E-state index is 12.0. The maximum Gasteiger partial charge on any atom is 0.221 e. The van der Waals surface area contributed by atoms with Crippen molar-refractivity contribution in [2.24, 2.45) is 0 Å². The predicted molar refractivity (Wildman–Crippen MR) is 93.3 cm³/mol. The van der Waals surface area contributed by atoms with Gasteiger partial charge in [0.15, 0.2) is 0 Å². The van der Waals surface area contributed by atoms with Gasteiger partial charge in [0.1, 0.15) is 0 Å². The summed E-state index contributed by atoms with van der Waals surface area (Å²) in [6.07, 6.45) is 7.16. The van der Waals surface area contributed by atoms with Crippen molar-refractivity contribution in [2.45, 2.75) is 71.3 Å². The summed E-state index contributed by atoms with van der Waals surface area (Å²) in [4.78, 5) is 14.5. The molecule has 0 spiro atoms. The lowest BCUT2D eigenvalue weighted by Gasteiger charge is -2.24. The summed E-state index contributed by atoms with van der Waals surface area (Å²) in [5.41, 5.74) is 2.03. The van der Waals surface area contributed by atoms with Crippen LogP contribution in [-0.2, 0) is 16.8 Å². The zero-order valence-electron chi connectivity index (χ0n) is 15.0. The van der Waals surface area contributed by atoms with E-state index in [4.69, 9.17) is 0 Å². The summed E-state index contributed by atoms with van der Waals surface area (Å²) >= 11 is 0. The Labute approximate surface area is 140 Å². The summed E-state index contributed by atoms with van der Waals surface area (Å²) in [6, 6.07) is 2.04. The lowest BCUT2D eigenvalue weighted by Crippen LogP contribution is -2.32. The van der Waals surface area contributed by atoms with Gasteiger partial charge in [0.25, 0.3) is 0 Å². The van der Waals surface area contributed by atoms with Crippen LogP contribution in [0.1, 0.15) is 70.7 Å². The molecule has 2 N–H and O–H groups in total. The minimum absolute atomic E-state index is 0.0320. The molecule has 0 unspecified atom stereocenters. The van der Waals surface area contributed by atoms with Crippen molar-refractivity contribution in [3.63, 3.8) is 0 Å². The van der Waals surface area contributed by atoms with Gasteiger partial charge in [0.05, 0.1) is 17.9 Å². The third kappa shape index (κ3) is 6.34. The zero-order chi connectivity index (χ0) is 16.7. The number of amides is 1. The molecular weight excluding hydrogens is 288 g/mol. The van der Waals surface area contributed by atoms with Crippen LogP contribution in [0.2, 0.25) is 0 Å². The quantitative estimate of drug-likeness (QED) is 0.877. The first-order valence-corrected chi connectivity index (χ1v) is 8.99. The Kier molecular flexibility index (Phi) is 6.63. The van der Waals surface area contributed by atoms with Crippen LogP contribution in [0.3, 0.4) is 0 Å². The Morgan fingerprint density at radius 2 is 1.87 bits per heavy atom. The first kappa shape index (κ1) is 18.0. The van der Waals surface area contributed by atoms with Crippen molar-refractivity contribution in [2.75, 3.05) is 19.6 Å². The molecule has 0 radical (unpaired) electrons. The number of aromatic amines is 1. The Balaban J connectivity index is 1.69. The van der Waals surface area contributed by atoms with Crippen LogP contribution >= 0.6 is 0 Å². The highest BCUT2D eigenvalue weighted by Crippen LogP contribution is 2.20. The molecule has 1 aliphatic heterocycles. The van der Waals surface area contributed by atoms with Gasteiger partial charge in [-0.2, -0.15) is 5.10 Å². The highest BCUT2D eigenvalue weighted by molar-refractivity contribution is 5.76. The molecule has 1 amide bonds. The fourth-order valence-electron chi connectivity index (χ4n) is 2.91. The number of hydrogen-bond acceptors (Lipinski definition) is 3. The molecule has 0 saturated carbocycles. The van der Waals surface area contributed by atoms with Crippen molar-refractivity contribution < 1.29 is 4.79 Å². The van der Waals surface area contributed by atoms with E-state index in [1.54, 1.807) is 0 Å². The molecule has 1 aromatic heterocycles. The molecule has 130 valence electrons. The fraction of sp³-hybridized carbons (Fsp3) is 0.778. The van der Waals surface area contributed by atoms with E-state index in [0.717, 1.165) is 31.0 Å². The van der Waals surface area contributed by atoms with Crippen molar-refractivity contribution >= 4 is 5.91 Å². The molecule has 1 saturated heterocycles. The Morgan fingerprint density at radius 1 is 1.22 bits per heavy atom. The molecule has 1 aromatic rings. The van der Waals surface area contributed by atoms with E-state index in [0.29, 0.717) is 13.0 Å². The second-order valence-corrected chi connectivity index (χ2v) is 7.66. The number of likely N-dealkylation sites (tertiary alicyclic amines) is 1. The third-order valence-electron chi connectivity index (χ3n) is 4.48. The second-order valence-electron chi connectivity index (χ2n) is 7.66. The van der Waals surface area contributed by atoms with Crippen molar-refractivity contribution in [3.05, 3.63) is 17.5 Å². The minimum atomic E-state index is 0.0320. The third-order valence-corrected chi connectivity index (χ3v) is 4.48. The van der Waals surface area contributed by atoms with Gasteiger partial charge in [-0.25, -0.2) is 0 Å². The van der Waals surface area contributed by atoms with Crippen LogP contribution in [0.15, 0.2) is 6.07 Å². The minimum Gasteiger partial charge on any atom is -0.350 e. The van der Waals surface area contributed by atoms with E-state index < -0.39 is 0 Å². The first-order chi connectivity index (χ1) is 10.9. The number of hydrogen-bond donors (Lipinski definition) is 2. The molecule has 1 fully saturated rings. The number of nitrogens with one attached hydrogen (secondary N) is 2. The van der Waals surface area contributed by atoms with Gasteiger partial charge < -0.3 is 10.2 Å². The SMILES string of the molecule is CC(C)(C)c1cc(CNC(=O)CCN2CCCCCCC2)[nH]n1. The molecule has 1 aliphatic rings. The number of carbonyl (C=O) groups is 1. The standard InChI is InChI=1S/C18H32N4O/c1-18(2,3)16-13-15(20-21-16)14-19-17(23)9-12-22-10-7-5-4-6-8-11-22/h13H,4-12,14H2,1-3H3,(H,19,23)(H,20,21). The molecule has 2 heterocycles. The summed E-state index contributed by atoms with van der Waals surface area (Å²) < 4.78 is 0. The smallest absolute Gasteiger partial charge is 0.221 e. The summed E-state index contributed by atoms with van der Waals surface area (Å²) in [5.74, 6) is 0.124. The summed E-state index contributed by atoms with van der Waals surface area (Å²) in [5, 5.41) is 10.3. The predicted octanol–water partition coefficient (Wildman–Crippen LogP) is 2.98. The van der Waals surface area contributed by atoms with E-state index >= 15 is 0 Å². The van der Waals surface area contributed by atoms with Crippen LogP contribution in [0.4, 0.5) is 0 Å². The zero-order valence-corrected chi connectivity index (χ0v) is 15.0. The second kappa shape index (κ2) is 8.48. The molecule has 2 rings (SSSR count). The molecule has 0 atom stereocenters. The Hall–Kier alpha value is -1.36. The number of aromatic nitrogens is 2. The van der Waals surface area contributed by atoms with Gasteiger partial charge in [-0.05, 0) is 32.0 Å². The van der Waals surface area contributed by atoms with Crippen LogP contribution in [-0.4, -0.2) is 40.6 Å². The Bertz CT molecular complexity index is 481. The van der Waals surface area contributed by atoms with E-state index in [2.05, 4.69) is 41.2 Å². The molecule has 5 nitrogen and oxygen atoms in total.